The number of primary amides is 1. The molecule has 11 nitrogen and oxygen atoms in total. The number of ketones is 2. The highest BCUT2D eigenvalue weighted by molar-refractivity contribution is 6.24. The monoisotopic (exact) mass is 540 g/mol. The second-order valence-electron chi connectivity index (χ2n) is 11.2. The predicted molar refractivity (Wildman–Crippen MR) is 136 cm³/mol. The van der Waals surface area contributed by atoms with Gasteiger partial charge in [0.15, 0.2) is 11.4 Å². The molecule has 0 bridgehead atoms. The molecule has 6 atom stereocenters. The van der Waals surface area contributed by atoms with Crippen molar-refractivity contribution >= 4 is 29.2 Å². The average Bonchev–Trinajstić information content (AvgIpc) is 3.41. The van der Waals surface area contributed by atoms with Gasteiger partial charge >= 0.3 is 5.97 Å². The van der Waals surface area contributed by atoms with E-state index in [9.17, 15) is 39.6 Å². The minimum absolute atomic E-state index is 0.0258. The summed E-state index contributed by atoms with van der Waals surface area (Å²) in [7, 11) is 2.98. The molecule has 208 valence electrons. The van der Waals surface area contributed by atoms with Crippen molar-refractivity contribution in [1.29, 1.82) is 0 Å². The Morgan fingerprint density at radius 2 is 1.74 bits per heavy atom. The molecule has 4 aliphatic carbocycles. The van der Waals surface area contributed by atoms with E-state index in [1.165, 1.54) is 25.1 Å². The van der Waals surface area contributed by atoms with Crippen LogP contribution in [0.2, 0.25) is 0 Å². The fourth-order valence-electron chi connectivity index (χ4n) is 7.08. The van der Waals surface area contributed by atoms with Crippen LogP contribution in [0.5, 0.6) is 5.75 Å². The van der Waals surface area contributed by atoms with Crippen molar-refractivity contribution in [2.45, 2.75) is 56.3 Å². The Balaban J connectivity index is 1.81. The van der Waals surface area contributed by atoms with Crippen molar-refractivity contribution in [3.63, 3.8) is 0 Å². The number of amides is 1. The van der Waals surface area contributed by atoms with Gasteiger partial charge in [-0.1, -0.05) is 31.9 Å². The van der Waals surface area contributed by atoms with Crippen molar-refractivity contribution in [3.05, 3.63) is 46.2 Å². The zero-order chi connectivity index (χ0) is 28.5. The molecule has 0 saturated heterocycles. The van der Waals surface area contributed by atoms with E-state index in [0.29, 0.717) is 18.4 Å². The molecule has 39 heavy (non-hydrogen) atoms. The second kappa shape index (κ2) is 9.20. The number of phenols is 1. The lowest BCUT2D eigenvalue weighted by Gasteiger charge is -2.54. The number of fused-ring (bicyclic) bond motifs is 3. The number of phenolic OH excluding ortho intramolecular Hbond substituents is 1. The van der Waals surface area contributed by atoms with E-state index in [1.807, 2.05) is 0 Å². The summed E-state index contributed by atoms with van der Waals surface area (Å²) in [4.78, 5) is 54.7. The van der Waals surface area contributed by atoms with Crippen molar-refractivity contribution < 1.29 is 44.3 Å². The number of hydrogen-bond acceptors (Lipinski definition) is 10. The summed E-state index contributed by atoms with van der Waals surface area (Å²) in [6.45, 7) is 1.73. The summed E-state index contributed by atoms with van der Waals surface area (Å²) in [5.74, 6) is -9.84. The van der Waals surface area contributed by atoms with E-state index in [2.05, 4.69) is 0 Å². The Bertz CT molecular complexity index is 1360. The van der Waals surface area contributed by atoms with Crippen LogP contribution in [-0.4, -0.2) is 80.6 Å². The van der Waals surface area contributed by atoms with Gasteiger partial charge in [0.1, 0.15) is 28.9 Å². The van der Waals surface area contributed by atoms with Crippen LogP contribution in [0.3, 0.4) is 0 Å². The Morgan fingerprint density at radius 1 is 1.10 bits per heavy atom. The number of likely N-dealkylation sites (N-methyl/N-ethyl adjacent to an activating group) is 1. The quantitative estimate of drug-likeness (QED) is 0.275. The number of ether oxygens (including phenoxy) is 1. The van der Waals surface area contributed by atoms with Crippen LogP contribution in [0, 0.1) is 17.8 Å². The first kappa shape index (κ1) is 26.9. The average molecular weight is 541 g/mol. The molecule has 11 heteroatoms. The van der Waals surface area contributed by atoms with Gasteiger partial charge in [0, 0.05) is 11.5 Å². The second-order valence-corrected chi connectivity index (χ2v) is 11.2. The van der Waals surface area contributed by atoms with Gasteiger partial charge in [-0.2, -0.15) is 0 Å². The van der Waals surface area contributed by atoms with Crippen LogP contribution < -0.4 is 5.73 Å². The summed E-state index contributed by atoms with van der Waals surface area (Å²) in [5, 5.41) is 45.1. The van der Waals surface area contributed by atoms with Gasteiger partial charge in [0.25, 0.3) is 5.91 Å². The molecule has 0 aliphatic heterocycles. The van der Waals surface area contributed by atoms with Gasteiger partial charge in [-0.15, -0.1) is 0 Å². The minimum Gasteiger partial charge on any atom is -0.508 e. The molecular formula is C28H32N2O9. The highest BCUT2D eigenvalue weighted by atomic mass is 16.5. The van der Waals surface area contributed by atoms with Gasteiger partial charge in [-0.05, 0) is 44.5 Å². The molecule has 6 N–H and O–H groups in total. The first-order chi connectivity index (χ1) is 18.3. The molecule has 2 fully saturated rings. The van der Waals surface area contributed by atoms with E-state index in [4.69, 9.17) is 10.5 Å². The molecule has 0 aromatic heterocycles. The minimum atomic E-state index is -2.94. The number of carbonyl (C=O) groups excluding carboxylic acids is 4. The molecule has 1 aromatic rings. The molecule has 0 heterocycles. The number of aliphatic hydroxyl groups is 3. The van der Waals surface area contributed by atoms with Crippen LogP contribution in [0.15, 0.2) is 35.1 Å². The lowest BCUT2D eigenvalue weighted by Crippen LogP contribution is -2.71. The van der Waals surface area contributed by atoms with E-state index < -0.39 is 82.0 Å². The number of rotatable bonds is 4. The number of nitrogens with zero attached hydrogens (tertiary/aromatic N) is 1. The maximum absolute atomic E-state index is 14.2. The standard InChI is InChI=1S/C28H32N2O9/c1-11-13-9-6-10-14(31)16(13)21(32)17-15(11)23(39-27(37)12-7-4-5-8-12)19-20(30(2)3)22(33)18(26(29)36)25(35)28(19,38)24(17)34/h6,9-12,15,19-20,23,31-32,35,38H,4-5,7-8H2,1-3H3,(H2,29,36)/t11-,15+,19+,20-,23-,28-/m0/s1. The third-order valence-electron chi connectivity index (χ3n) is 8.91. The molecule has 4 aliphatic rings. The van der Waals surface area contributed by atoms with Crippen LogP contribution in [0.1, 0.15) is 49.7 Å². The number of Topliss-reactive ketones (excluding diaryl/α,β-unsaturated/α-hetero) is 2. The lowest BCUT2D eigenvalue weighted by molar-refractivity contribution is -0.187. The number of hydrogen-bond donors (Lipinski definition) is 5. The Hall–Kier alpha value is -3.70. The summed E-state index contributed by atoms with van der Waals surface area (Å²) in [5.41, 5.74) is 1.60. The lowest BCUT2D eigenvalue weighted by atomic mass is 9.54. The summed E-state index contributed by atoms with van der Waals surface area (Å²) in [6.07, 6.45) is 1.48. The number of carbonyl (C=O) groups is 4. The zero-order valence-corrected chi connectivity index (χ0v) is 21.9. The molecule has 1 amide bonds. The third-order valence-corrected chi connectivity index (χ3v) is 8.91. The Labute approximate surface area is 224 Å². The number of aliphatic hydroxyl groups excluding tert-OH is 2. The molecule has 0 spiro atoms. The Morgan fingerprint density at radius 3 is 2.33 bits per heavy atom. The fourth-order valence-corrected chi connectivity index (χ4v) is 7.08. The summed E-state index contributed by atoms with van der Waals surface area (Å²) >= 11 is 0. The van der Waals surface area contributed by atoms with Crippen molar-refractivity contribution in [2.75, 3.05) is 14.1 Å². The van der Waals surface area contributed by atoms with Gasteiger partial charge in [-0.25, -0.2) is 0 Å². The SMILES string of the molecule is C[C@H]1c2cccc(O)c2C(O)=C2C(=O)[C@]3(O)C(O)=C(C(N)=O)C(=O)[C@@H](N(C)C)[C@@H]3[C@@H](OC(=O)C3CCCC3)[C@@H]21. The first-order valence-corrected chi connectivity index (χ1v) is 13.0. The number of benzene rings is 1. The first-order valence-electron chi connectivity index (χ1n) is 13.0. The van der Waals surface area contributed by atoms with Crippen molar-refractivity contribution in [3.8, 4) is 5.75 Å². The molecule has 5 rings (SSSR count). The molecule has 0 unspecified atom stereocenters. The maximum Gasteiger partial charge on any atom is 0.309 e. The van der Waals surface area contributed by atoms with E-state index in [1.54, 1.807) is 19.1 Å². The third kappa shape index (κ3) is 3.63. The molecular weight excluding hydrogens is 508 g/mol. The zero-order valence-electron chi connectivity index (χ0n) is 21.9. The highest BCUT2D eigenvalue weighted by Gasteiger charge is 2.69. The summed E-state index contributed by atoms with van der Waals surface area (Å²) < 4.78 is 6.08. The molecule has 1 aromatic carbocycles. The van der Waals surface area contributed by atoms with E-state index in [-0.39, 0.29) is 16.9 Å². The number of aromatic hydroxyl groups is 1. The van der Waals surface area contributed by atoms with Crippen LogP contribution >= 0.6 is 0 Å². The van der Waals surface area contributed by atoms with Crippen LogP contribution in [0.25, 0.3) is 5.76 Å². The maximum atomic E-state index is 14.2. The normalized spacial score (nSPS) is 32.7. The molecule has 2 saturated carbocycles. The molecule has 0 radical (unpaired) electrons. The van der Waals surface area contributed by atoms with E-state index >= 15 is 0 Å². The topological polar surface area (TPSA) is 188 Å². The fraction of sp³-hybridized carbons (Fsp3) is 0.500. The van der Waals surface area contributed by atoms with Crippen molar-refractivity contribution in [1.82, 2.24) is 4.90 Å². The number of nitrogens with two attached hydrogens (primary N) is 1. The summed E-state index contributed by atoms with van der Waals surface area (Å²) in [6, 6.07) is 3.17. The van der Waals surface area contributed by atoms with Gasteiger partial charge in [-0.3, -0.25) is 24.1 Å². The van der Waals surface area contributed by atoms with Crippen LogP contribution in [-0.2, 0) is 23.9 Å². The van der Waals surface area contributed by atoms with E-state index in [0.717, 1.165) is 12.8 Å². The predicted octanol–water partition coefficient (Wildman–Crippen LogP) is 1.24. The smallest absolute Gasteiger partial charge is 0.309 e. The number of esters is 1. The van der Waals surface area contributed by atoms with Crippen LogP contribution in [0.4, 0.5) is 0 Å². The van der Waals surface area contributed by atoms with Gasteiger partial charge in [0.2, 0.25) is 5.78 Å². The van der Waals surface area contributed by atoms with Crippen molar-refractivity contribution in [2.24, 2.45) is 23.5 Å². The van der Waals surface area contributed by atoms with Gasteiger partial charge < -0.3 is 30.9 Å². The Kier molecular flexibility index (Phi) is 6.34. The van der Waals surface area contributed by atoms with Gasteiger partial charge in [0.05, 0.1) is 23.4 Å². The largest absolute Gasteiger partial charge is 0.508 e. The highest BCUT2D eigenvalue weighted by Crippen LogP contribution is 2.57.